The molecule has 1 aromatic carbocycles. The van der Waals surface area contributed by atoms with Crippen molar-refractivity contribution < 1.29 is 19.1 Å². The molecule has 0 aliphatic carbocycles. The number of carbonyl (C=O) groups is 2. The van der Waals surface area contributed by atoms with Crippen LogP contribution in [0.15, 0.2) is 50.0 Å². The lowest BCUT2D eigenvalue weighted by Gasteiger charge is -2.40. The van der Waals surface area contributed by atoms with Crippen molar-refractivity contribution in [1.82, 2.24) is 24.7 Å². The summed E-state index contributed by atoms with van der Waals surface area (Å²) < 4.78 is 12.3. The number of rotatable bonds is 11. The maximum Gasteiger partial charge on any atom is 0.410 e. The van der Waals surface area contributed by atoms with Crippen molar-refractivity contribution in [2.24, 2.45) is 7.05 Å². The number of carbonyl (C=O) groups excluding carboxylic acids is 2. The highest BCUT2D eigenvalue weighted by Crippen LogP contribution is 2.38. The van der Waals surface area contributed by atoms with Gasteiger partial charge in [0.2, 0.25) is 5.91 Å². The van der Waals surface area contributed by atoms with E-state index in [4.69, 9.17) is 21.1 Å². The Morgan fingerprint density at radius 1 is 1.24 bits per heavy atom. The molecule has 1 aliphatic heterocycles. The highest BCUT2D eigenvalue weighted by molar-refractivity contribution is 6.30. The summed E-state index contributed by atoms with van der Waals surface area (Å²) in [6.07, 6.45) is 5.53. The zero-order chi connectivity index (χ0) is 27.8. The number of benzene rings is 1. The van der Waals surface area contributed by atoms with Gasteiger partial charge < -0.3 is 24.3 Å². The molecule has 0 spiro atoms. The molecule has 1 aromatic heterocycles. The van der Waals surface area contributed by atoms with Crippen molar-refractivity contribution in [2.45, 2.75) is 38.5 Å². The Balaban J connectivity index is 1.93. The molecule has 1 fully saturated rings. The molecule has 9 nitrogen and oxygen atoms in total. The van der Waals surface area contributed by atoms with Gasteiger partial charge in [-0.05, 0) is 49.1 Å². The van der Waals surface area contributed by atoms with E-state index in [1.165, 1.54) is 7.11 Å². The predicted octanol–water partition coefficient (Wildman–Crippen LogP) is 4.37. The minimum atomic E-state index is -0.547. The van der Waals surface area contributed by atoms with Crippen molar-refractivity contribution in [3.05, 3.63) is 71.8 Å². The van der Waals surface area contributed by atoms with E-state index < -0.39 is 6.04 Å². The van der Waals surface area contributed by atoms with Gasteiger partial charge in [-0.15, -0.1) is 6.58 Å². The van der Waals surface area contributed by atoms with Crippen LogP contribution in [0.25, 0.3) is 5.57 Å². The molecule has 2 aromatic rings. The number of aryl methyl sites for hydroxylation is 1. The van der Waals surface area contributed by atoms with Crippen LogP contribution >= 0.6 is 11.6 Å². The standard InChI is InChI=1S/C28H38ClN5O4/c1-7-8-24(33-11-13-34(14-12-33)28(36)38-19(2)3)22-10-9-21(29)15-23(22)20(4)27(31-26(35)17-37-6)25-16-30-18-32(25)5/h7,9-10,15-16,18-19,24,27H,1,4,8,11-14,17H2,2-3,5-6H3,(H,31,35). The maximum atomic E-state index is 12.6. The number of piperazine rings is 1. The number of aromatic nitrogens is 2. The van der Waals surface area contributed by atoms with E-state index in [0.717, 1.165) is 16.8 Å². The average molecular weight is 544 g/mol. The third kappa shape index (κ3) is 7.24. The molecule has 2 unspecified atom stereocenters. The fraction of sp³-hybridized carbons (Fsp3) is 0.464. The van der Waals surface area contributed by atoms with Gasteiger partial charge in [0.25, 0.3) is 0 Å². The van der Waals surface area contributed by atoms with Gasteiger partial charge in [-0.25, -0.2) is 9.78 Å². The first-order chi connectivity index (χ1) is 18.2. The van der Waals surface area contributed by atoms with Crippen molar-refractivity contribution in [3.63, 3.8) is 0 Å². The van der Waals surface area contributed by atoms with Gasteiger partial charge in [0, 0.05) is 51.4 Å². The van der Waals surface area contributed by atoms with Crippen molar-refractivity contribution in [1.29, 1.82) is 0 Å². The Kier molecular flexibility index (Phi) is 10.5. The Hall–Kier alpha value is -3.14. The lowest BCUT2D eigenvalue weighted by Crippen LogP contribution is -2.50. The zero-order valence-electron chi connectivity index (χ0n) is 22.7. The molecule has 0 saturated carbocycles. The molecule has 10 heteroatoms. The number of hydrogen-bond acceptors (Lipinski definition) is 6. The molecule has 2 amide bonds. The average Bonchev–Trinajstić information content (AvgIpc) is 3.31. The Bertz CT molecular complexity index is 1140. The van der Waals surface area contributed by atoms with Crippen LogP contribution in [0.4, 0.5) is 4.79 Å². The molecule has 1 saturated heterocycles. The minimum Gasteiger partial charge on any atom is -0.447 e. The van der Waals surface area contributed by atoms with Crippen LogP contribution in [0.2, 0.25) is 5.02 Å². The number of nitrogens with one attached hydrogen (secondary N) is 1. The molecule has 1 aliphatic rings. The number of halogens is 1. The summed E-state index contributed by atoms with van der Waals surface area (Å²) in [4.78, 5) is 33.3. The van der Waals surface area contributed by atoms with E-state index in [9.17, 15) is 9.59 Å². The predicted molar refractivity (Wildman–Crippen MR) is 149 cm³/mol. The molecule has 0 radical (unpaired) electrons. The summed E-state index contributed by atoms with van der Waals surface area (Å²) >= 11 is 6.48. The van der Waals surface area contributed by atoms with Crippen LogP contribution in [0.5, 0.6) is 0 Å². The van der Waals surface area contributed by atoms with Crippen molar-refractivity contribution >= 4 is 29.2 Å². The van der Waals surface area contributed by atoms with Gasteiger partial charge in [-0.3, -0.25) is 9.69 Å². The topological polar surface area (TPSA) is 88.9 Å². The van der Waals surface area contributed by atoms with E-state index in [-0.39, 0.29) is 30.8 Å². The van der Waals surface area contributed by atoms with Crippen LogP contribution in [0, 0.1) is 0 Å². The number of ether oxygens (including phenoxy) is 2. The lowest BCUT2D eigenvalue weighted by molar-refractivity contribution is -0.125. The van der Waals surface area contributed by atoms with Gasteiger partial charge >= 0.3 is 6.09 Å². The zero-order valence-corrected chi connectivity index (χ0v) is 23.4. The number of nitrogens with zero attached hydrogens (tertiary/aromatic N) is 4. The fourth-order valence-electron chi connectivity index (χ4n) is 4.69. The lowest BCUT2D eigenvalue weighted by atomic mass is 9.88. The molecule has 2 atom stereocenters. The second kappa shape index (κ2) is 13.6. The van der Waals surface area contributed by atoms with Crippen molar-refractivity contribution in [2.75, 3.05) is 39.9 Å². The second-order valence-electron chi connectivity index (χ2n) is 9.62. The number of amides is 2. The first-order valence-electron chi connectivity index (χ1n) is 12.7. The Morgan fingerprint density at radius 2 is 1.95 bits per heavy atom. The third-order valence-electron chi connectivity index (χ3n) is 6.54. The van der Waals surface area contributed by atoms with E-state index in [2.05, 4.69) is 28.4 Å². The van der Waals surface area contributed by atoms with Gasteiger partial charge in [0.05, 0.1) is 30.4 Å². The van der Waals surface area contributed by atoms with Gasteiger partial charge in [-0.2, -0.15) is 0 Å². The minimum absolute atomic E-state index is 0.0263. The second-order valence-corrected chi connectivity index (χ2v) is 10.1. The summed E-state index contributed by atoms with van der Waals surface area (Å²) in [7, 11) is 3.35. The Morgan fingerprint density at radius 3 is 2.53 bits per heavy atom. The summed E-state index contributed by atoms with van der Waals surface area (Å²) in [6, 6.07) is 5.18. The summed E-state index contributed by atoms with van der Waals surface area (Å²) in [5.41, 5.74) is 3.33. The molecular weight excluding hydrogens is 506 g/mol. The summed E-state index contributed by atoms with van der Waals surface area (Å²) in [6.45, 7) is 14.5. The molecule has 38 heavy (non-hydrogen) atoms. The maximum absolute atomic E-state index is 12.6. The SMILES string of the molecule is C=CCC(c1ccc(Cl)cc1C(=C)C(NC(=O)COC)c1cncn1C)N1CCN(C(=O)OC(C)C)CC1. The molecule has 1 N–H and O–H groups in total. The van der Waals surface area contributed by atoms with Gasteiger partial charge in [0.1, 0.15) is 6.61 Å². The highest BCUT2D eigenvalue weighted by atomic mass is 35.5. The van der Waals surface area contributed by atoms with Gasteiger partial charge in [-0.1, -0.05) is 30.3 Å². The summed E-state index contributed by atoms with van der Waals surface area (Å²) in [5.74, 6) is -0.268. The summed E-state index contributed by atoms with van der Waals surface area (Å²) in [5, 5.41) is 3.60. The van der Waals surface area contributed by atoms with E-state index in [1.807, 2.05) is 49.7 Å². The van der Waals surface area contributed by atoms with E-state index in [1.54, 1.807) is 17.4 Å². The monoisotopic (exact) mass is 543 g/mol. The number of imidazole rings is 1. The molecule has 3 rings (SSSR count). The number of methoxy groups -OCH3 is 1. The van der Waals surface area contributed by atoms with Crippen LogP contribution in [0.3, 0.4) is 0 Å². The number of hydrogen-bond donors (Lipinski definition) is 1. The fourth-order valence-corrected chi connectivity index (χ4v) is 4.87. The van der Waals surface area contributed by atoms with Gasteiger partial charge in [0.15, 0.2) is 0 Å². The largest absolute Gasteiger partial charge is 0.447 e. The van der Waals surface area contributed by atoms with E-state index in [0.29, 0.717) is 43.2 Å². The van der Waals surface area contributed by atoms with E-state index >= 15 is 0 Å². The first-order valence-corrected chi connectivity index (χ1v) is 13.1. The smallest absolute Gasteiger partial charge is 0.410 e. The quantitative estimate of drug-likeness (QED) is 0.423. The molecule has 0 bridgehead atoms. The third-order valence-corrected chi connectivity index (χ3v) is 6.77. The Labute approximate surface area is 230 Å². The molecule has 2 heterocycles. The first kappa shape index (κ1) is 29.4. The normalized spacial score (nSPS) is 15.7. The molecular formula is C28H38ClN5O4. The molecule has 206 valence electrons. The highest BCUT2D eigenvalue weighted by Gasteiger charge is 2.31. The van der Waals surface area contributed by atoms with Crippen molar-refractivity contribution in [3.8, 4) is 0 Å². The van der Waals surface area contributed by atoms with Crippen LogP contribution in [-0.4, -0.2) is 77.4 Å². The van der Waals surface area contributed by atoms with Crippen LogP contribution < -0.4 is 5.32 Å². The van der Waals surface area contributed by atoms with Crippen LogP contribution in [0.1, 0.15) is 49.2 Å². The van der Waals surface area contributed by atoms with Crippen LogP contribution in [-0.2, 0) is 21.3 Å².